The van der Waals surface area contributed by atoms with Crippen molar-refractivity contribution in [2.75, 3.05) is 39.5 Å². The van der Waals surface area contributed by atoms with Crippen LogP contribution >= 0.6 is 11.6 Å². The molecule has 2 rings (SSSR count). The van der Waals surface area contributed by atoms with E-state index in [2.05, 4.69) is 0 Å². The van der Waals surface area contributed by atoms with E-state index in [1.807, 2.05) is 6.92 Å². The Morgan fingerprint density at radius 2 is 1.73 bits per heavy atom. The van der Waals surface area contributed by atoms with Crippen molar-refractivity contribution in [2.45, 2.75) is 18.7 Å². The maximum Gasteiger partial charge on any atom is 0.247 e. The fourth-order valence-electron chi connectivity index (χ4n) is 2.18. The standard InChI is InChI=1S/C14H20ClNO5S/c1-3-20-12-10-14(13(21-4-2)9-11(12)15)22(17,18)16-5-7-19-8-6-16/h9-10H,3-8H2,1-2H3. The monoisotopic (exact) mass is 349 g/mol. The molecule has 1 aliphatic heterocycles. The van der Waals surface area contributed by atoms with Crippen molar-refractivity contribution in [3.8, 4) is 11.5 Å². The van der Waals surface area contributed by atoms with Crippen molar-refractivity contribution in [3.63, 3.8) is 0 Å². The van der Waals surface area contributed by atoms with Crippen LogP contribution in [0.1, 0.15) is 13.8 Å². The number of morpholine rings is 1. The molecule has 0 spiro atoms. The Hall–Kier alpha value is -1.02. The van der Waals surface area contributed by atoms with Gasteiger partial charge in [-0.25, -0.2) is 8.42 Å². The van der Waals surface area contributed by atoms with Crippen LogP contribution in [0.3, 0.4) is 0 Å². The van der Waals surface area contributed by atoms with Crippen molar-refractivity contribution >= 4 is 21.6 Å². The molecular weight excluding hydrogens is 330 g/mol. The minimum absolute atomic E-state index is 0.0732. The van der Waals surface area contributed by atoms with E-state index in [0.717, 1.165) is 0 Å². The largest absolute Gasteiger partial charge is 0.492 e. The Bertz CT molecular complexity index is 614. The molecule has 22 heavy (non-hydrogen) atoms. The Kier molecular flexibility index (Phi) is 5.91. The summed E-state index contributed by atoms with van der Waals surface area (Å²) in [6, 6.07) is 2.92. The first-order valence-electron chi connectivity index (χ1n) is 7.17. The van der Waals surface area contributed by atoms with E-state index in [0.29, 0.717) is 50.3 Å². The van der Waals surface area contributed by atoms with E-state index in [4.69, 9.17) is 25.8 Å². The number of benzene rings is 1. The zero-order valence-electron chi connectivity index (χ0n) is 12.7. The molecule has 0 aliphatic carbocycles. The lowest BCUT2D eigenvalue weighted by molar-refractivity contribution is 0.0729. The highest BCUT2D eigenvalue weighted by Gasteiger charge is 2.30. The summed E-state index contributed by atoms with van der Waals surface area (Å²) in [6.45, 7) is 5.74. The van der Waals surface area contributed by atoms with Gasteiger partial charge in [0.05, 0.1) is 31.5 Å². The molecule has 0 amide bonds. The molecule has 0 atom stereocenters. The number of nitrogens with zero attached hydrogens (tertiary/aromatic N) is 1. The highest BCUT2D eigenvalue weighted by Crippen LogP contribution is 2.37. The van der Waals surface area contributed by atoms with Crippen LogP contribution in [0, 0.1) is 0 Å². The molecule has 1 heterocycles. The molecule has 6 nitrogen and oxygen atoms in total. The summed E-state index contributed by atoms with van der Waals surface area (Å²) in [5, 5.41) is 0.325. The summed E-state index contributed by atoms with van der Waals surface area (Å²) in [5.41, 5.74) is 0. The molecule has 0 aromatic heterocycles. The second-order valence-corrected chi connectivity index (χ2v) is 6.93. The fourth-order valence-corrected chi connectivity index (χ4v) is 3.92. The predicted octanol–water partition coefficient (Wildman–Crippen LogP) is 2.16. The Balaban J connectivity index is 2.47. The van der Waals surface area contributed by atoms with Crippen LogP contribution in [0.25, 0.3) is 0 Å². The third kappa shape index (κ3) is 3.65. The minimum atomic E-state index is -3.68. The number of hydrogen-bond acceptors (Lipinski definition) is 5. The average Bonchev–Trinajstić information content (AvgIpc) is 2.51. The van der Waals surface area contributed by atoms with E-state index in [1.54, 1.807) is 6.92 Å². The van der Waals surface area contributed by atoms with Crippen LogP contribution in [-0.4, -0.2) is 52.2 Å². The first-order chi connectivity index (χ1) is 10.5. The van der Waals surface area contributed by atoms with Gasteiger partial charge in [-0.1, -0.05) is 11.6 Å². The van der Waals surface area contributed by atoms with Gasteiger partial charge in [0.15, 0.2) is 0 Å². The van der Waals surface area contributed by atoms with Crippen LogP contribution < -0.4 is 9.47 Å². The van der Waals surface area contributed by atoms with E-state index in [-0.39, 0.29) is 10.6 Å². The smallest absolute Gasteiger partial charge is 0.247 e. The average molecular weight is 350 g/mol. The van der Waals surface area contributed by atoms with Gasteiger partial charge in [-0.3, -0.25) is 0 Å². The maximum atomic E-state index is 12.8. The van der Waals surface area contributed by atoms with E-state index >= 15 is 0 Å². The maximum absolute atomic E-state index is 12.8. The Morgan fingerprint density at radius 3 is 2.32 bits per heavy atom. The molecule has 1 aromatic carbocycles. The van der Waals surface area contributed by atoms with Crippen molar-refractivity contribution < 1.29 is 22.6 Å². The van der Waals surface area contributed by atoms with Crippen molar-refractivity contribution in [1.29, 1.82) is 0 Å². The number of halogens is 1. The number of sulfonamides is 1. The minimum Gasteiger partial charge on any atom is -0.492 e. The molecule has 0 N–H and O–H groups in total. The summed E-state index contributed by atoms with van der Waals surface area (Å²) in [4.78, 5) is 0.0732. The summed E-state index contributed by atoms with van der Waals surface area (Å²) in [5.74, 6) is 0.571. The lowest BCUT2D eigenvalue weighted by Gasteiger charge is -2.27. The lowest BCUT2D eigenvalue weighted by atomic mass is 10.3. The van der Waals surface area contributed by atoms with Crippen molar-refractivity contribution in [2.24, 2.45) is 0 Å². The molecule has 1 fully saturated rings. The van der Waals surface area contributed by atoms with E-state index < -0.39 is 10.0 Å². The van der Waals surface area contributed by atoms with Gasteiger partial charge in [-0.15, -0.1) is 0 Å². The molecule has 1 aliphatic rings. The third-order valence-electron chi connectivity index (χ3n) is 3.19. The third-order valence-corrected chi connectivity index (χ3v) is 5.40. The van der Waals surface area contributed by atoms with E-state index in [1.165, 1.54) is 16.4 Å². The van der Waals surface area contributed by atoms with E-state index in [9.17, 15) is 8.42 Å². The first kappa shape index (κ1) is 17.3. The Labute approximate surface area is 136 Å². The van der Waals surface area contributed by atoms with Gasteiger partial charge < -0.3 is 14.2 Å². The Morgan fingerprint density at radius 1 is 1.14 bits per heavy atom. The van der Waals surface area contributed by atoms with Gasteiger partial charge in [0.1, 0.15) is 16.4 Å². The second kappa shape index (κ2) is 7.50. The summed E-state index contributed by atoms with van der Waals surface area (Å²) < 4.78 is 43.1. The first-order valence-corrected chi connectivity index (χ1v) is 8.99. The number of ether oxygens (including phenoxy) is 3. The van der Waals surface area contributed by atoms with Gasteiger partial charge >= 0.3 is 0 Å². The molecule has 124 valence electrons. The molecule has 0 radical (unpaired) electrons. The van der Waals surface area contributed by atoms with Crippen LogP contribution in [-0.2, 0) is 14.8 Å². The van der Waals surface area contributed by atoms with Gasteiger partial charge in [0.25, 0.3) is 0 Å². The van der Waals surface area contributed by atoms with Crippen LogP contribution in [0.15, 0.2) is 17.0 Å². The molecule has 1 aromatic rings. The van der Waals surface area contributed by atoms with Crippen LogP contribution in [0.5, 0.6) is 11.5 Å². The molecule has 8 heteroatoms. The normalized spacial score (nSPS) is 16.5. The summed E-state index contributed by atoms with van der Waals surface area (Å²) in [6.07, 6.45) is 0. The highest BCUT2D eigenvalue weighted by molar-refractivity contribution is 7.89. The van der Waals surface area contributed by atoms with Crippen molar-refractivity contribution in [1.82, 2.24) is 4.31 Å². The number of hydrogen-bond donors (Lipinski definition) is 0. The van der Waals surface area contributed by atoms with Gasteiger partial charge in [0, 0.05) is 25.2 Å². The zero-order chi connectivity index (χ0) is 16.2. The summed E-state index contributed by atoms with van der Waals surface area (Å²) >= 11 is 6.12. The van der Waals surface area contributed by atoms with Crippen LogP contribution in [0.2, 0.25) is 5.02 Å². The molecule has 0 bridgehead atoms. The molecule has 0 saturated carbocycles. The predicted molar refractivity (Wildman–Crippen MR) is 83.4 cm³/mol. The summed E-state index contributed by atoms with van der Waals surface area (Å²) in [7, 11) is -3.68. The van der Waals surface area contributed by atoms with Gasteiger partial charge in [0.2, 0.25) is 10.0 Å². The number of rotatable bonds is 6. The zero-order valence-corrected chi connectivity index (χ0v) is 14.2. The lowest BCUT2D eigenvalue weighted by Crippen LogP contribution is -2.40. The van der Waals surface area contributed by atoms with Gasteiger partial charge in [-0.05, 0) is 13.8 Å². The van der Waals surface area contributed by atoms with Crippen LogP contribution in [0.4, 0.5) is 0 Å². The molecule has 0 unspecified atom stereocenters. The van der Waals surface area contributed by atoms with Crippen molar-refractivity contribution in [3.05, 3.63) is 17.2 Å². The fraction of sp³-hybridized carbons (Fsp3) is 0.571. The quantitative estimate of drug-likeness (QED) is 0.787. The SMILES string of the molecule is CCOc1cc(S(=O)(=O)N2CCOCC2)c(OCC)cc1Cl. The second-order valence-electron chi connectivity index (χ2n) is 4.61. The highest BCUT2D eigenvalue weighted by atomic mass is 35.5. The van der Waals surface area contributed by atoms with Gasteiger partial charge in [-0.2, -0.15) is 4.31 Å². The molecular formula is C14H20ClNO5S. The molecule has 1 saturated heterocycles. The topological polar surface area (TPSA) is 65.1 Å².